The van der Waals surface area contributed by atoms with Crippen LogP contribution in [0.2, 0.25) is 0 Å². The van der Waals surface area contributed by atoms with Crippen molar-refractivity contribution < 1.29 is 27.8 Å². The van der Waals surface area contributed by atoms with Crippen molar-refractivity contribution in [3.63, 3.8) is 0 Å². The van der Waals surface area contributed by atoms with Gasteiger partial charge in [-0.05, 0) is 24.3 Å². The molecule has 4 nitrogen and oxygen atoms in total. The third-order valence-electron chi connectivity index (χ3n) is 1.96. The topological polar surface area (TPSA) is 58.6 Å². The number of carbonyl (C=O) groups is 1. The SMILES string of the molecule is O=C(COc1ccc(F)cc1)NCC(F)(F)CO. The van der Waals surface area contributed by atoms with E-state index in [1.165, 1.54) is 12.1 Å². The Bertz CT molecular complexity index is 395. The van der Waals surface area contributed by atoms with Crippen LogP contribution >= 0.6 is 0 Å². The van der Waals surface area contributed by atoms with Gasteiger partial charge in [0.05, 0.1) is 6.54 Å². The Morgan fingerprint density at radius 3 is 2.50 bits per heavy atom. The summed E-state index contributed by atoms with van der Waals surface area (Å²) >= 11 is 0. The van der Waals surface area contributed by atoms with Crippen molar-refractivity contribution in [2.75, 3.05) is 19.8 Å². The number of hydrogen-bond acceptors (Lipinski definition) is 3. The highest BCUT2D eigenvalue weighted by Crippen LogP contribution is 2.11. The molecule has 0 aliphatic carbocycles. The van der Waals surface area contributed by atoms with Crippen LogP contribution in [0.4, 0.5) is 13.2 Å². The summed E-state index contributed by atoms with van der Waals surface area (Å²) in [6, 6.07) is 4.91. The fourth-order valence-electron chi connectivity index (χ4n) is 1.01. The van der Waals surface area contributed by atoms with Gasteiger partial charge in [0.25, 0.3) is 11.8 Å². The molecule has 1 amide bonds. The molecule has 18 heavy (non-hydrogen) atoms. The minimum Gasteiger partial charge on any atom is -0.484 e. The van der Waals surface area contributed by atoms with Gasteiger partial charge in [-0.2, -0.15) is 0 Å². The van der Waals surface area contributed by atoms with Crippen LogP contribution in [0.25, 0.3) is 0 Å². The Hall–Kier alpha value is -1.76. The molecule has 0 saturated heterocycles. The van der Waals surface area contributed by atoms with E-state index in [4.69, 9.17) is 9.84 Å². The van der Waals surface area contributed by atoms with Gasteiger partial charge < -0.3 is 15.2 Å². The number of ether oxygens (including phenoxy) is 1. The van der Waals surface area contributed by atoms with Crippen molar-refractivity contribution in [1.29, 1.82) is 0 Å². The standard InChI is InChI=1S/C11H12F3NO3/c12-8-1-3-9(4-2-8)18-5-10(17)15-6-11(13,14)7-16/h1-4,16H,5-7H2,(H,15,17). The molecule has 0 saturated carbocycles. The van der Waals surface area contributed by atoms with Crippen molar-refractivity contribution in [3.05, 3.63) is 30.1 Å². The number of benzene rings is 1. The summed E-state index contributed by atoms with van der Waals surface area (Å²) in [6.07, 6.45) is 0. The monoisotopic (exact) mass is 263 g/mol. The van der Waals surface area contributed by atoms with Crippen LogP contribution in [0, 0.1) is 5.82 Å². The van der Waals surface area contributed by atoms with Crippen LogP contribution in [0.1, 0.15) is 0 Å². The summed E-state index contributed by atoms with van der Waals surface area (Å²) in [5, 5.41) is 10.2. The minimum atomic E-state index is -3.36. The first-order chi connectivity index (χ1) is 8.43. The lowest BCUT2D eigenvalue weighted by molar-refractivity contribution is -0.126. The van der Waals surface area contributed by atoms with E-state index in [0.717, 1.165) is 12.1 Å². The zero-order valence-electron chi connectivity index (χ0n) is 9.33. The fraction of sp³-hybridized carbons (Fsp3) is 0.364. The first kappa shape index (κ1) is 14.3. The number of amides is 1. The van der Waals surface area contributed by atoms with E-state index < -0.39 is 37.4 Å². The number of hydrogen-bond donors (Lipinski definition) is 2. The van der Waals surface area contributed by atoms with Gasteiger partial charge in [0.15, 0.2) is 6.61 Å². The Morgan fingerprint density at radius 2 is 1.94 bits per heavy atom. The normalized spacial score (nSPS) is 11.1. The summed E-state index contributed by atoms with van der Waals surface area (Å²) in [6.45, 7) is -2.77. The maximum atomic E-state index is 12.6. The maximum Gasteiger partial charge on any atom is 0.287 e. The highest BCUT2D eigenvalue weighted by atomic mass is 19.3. The molecule has 1 rings (SSSR count). The van der Waals surface area contributed by atoms with Crippen LogP contribution in [0.5, 0.6) is 5.75 Å². The van der Waals surface area contributed by atoms with E-state index >= 15 is 0 Å². The van der Waals surface area contributed by atoms with Gasteiger partial charge in [0, 0.05) is 0 Å². The lowest BCUT2D eigenvalue weighted by Gasteiger charge is -2.14. The average Bonchev–Trinajstić information content (AvgIpc) is 2.36. The predicted molar refractivity (Wildman–Crippen MR) is 56.9 cm³/mol. The predicted octanol–water partition coefficient (Wildman–Crippen LogP) is 0.948. The Balaban J connectivity index is 2.31. The van der Waals surface area contributed by atoms with Crippen molar-refractivity contribution in [2.45, 2.75) is 5.92 Å². The molecule has 1 aromatic carbocycles. The highest BCUT2D eigenvalue weighted by Gasteiger charge is 2.28. The van der Waals surface area contributed by atoms with Gasteiger partial charge in [-0.1, -0.05) is 0 Å². The zero-order chi connectivity index (χ0) is 13.6. The summed E-state index contributed by atoms with van der Waals surface area (Å²) in [7, 11) is 0. The number of alkyl halides is 2. The van der Waals surface area contributed by atoms with E-state index in [-0.39, 0.29) is 5.75 Å². The third-order valence-corrected chi connectivity index (χ3v) is 1.96. The molecule has 0 aliphatic rings. The van der Waals surface area contributed by atoms with Crippen LogP contribution in [-0.4, -0.2) is 36.7 Å². The Kier molecular flexibility index (Phi) is 4.96. The molecule has 0 unspecified atom stereocenters. The molecule has 0 fully saturated rings. The summed E-state index contributed by atoms with van der Waals surface area (Å²) in [4.78, 5) is 11.1. The van der Waals surface area contributed by atoms with Crippen LogP contribution in [-0.2, 0) is 4.79 Å². The van der Waals surface area contributed by atoms with Gasteiger partial charge >= 0.3 is 0 Å². The number of aliphatic hydroxyl groups is 1. The van der Waals surface area contributed by atoms with Crippen molar-refractivity contribution in [2.24, 2.45) is 0 Å². The average molecular weight is 263 g/mol. The molecule has 1 aromatic rings. The first-order valence-corrected chi connectivity index (χ1v) is 5.07. The second-order valence-electron chi connectivity index (χ2n) is 3.53. The minimum absolute atomic E-state index is 0.250. The Morgan fingerprint density at radius 1 is 1.33 bits per heavy atom. The third kappa shape index (κ3) is 5.05. The van der Waals surface area contributed by atoms with E-state index in [0.29, 0.717) is 0 Å². The van der Waals surface area contributed by atoms with Gasteiger partial charge in [-0.3, -0.25) is 4.79 Å². The van der Waals surface area contributed by atoms with Crippen LogP contribution in [0.3, 0.4) is 0 Å². The second kappa shape index (κ2) is 6.25. The first-order valence-electron chi connectivity index (χ1n) is 5.07. The van der Waals surface area contributed by atoms with Crippen LogP contribution in [0.15, 0.2) is 24.3 Å². The molecule has 0 heterocycles. The summed E-state index contributed by atoms with van der Waals surface area (Å²) in [5.41, 5.74) is 0. The molecule has 0 spiro atoms. The largest absolute Gasteiger partial charge is 0.484 e. The molecule has 7 heteroatoms. The summed E-state index contributed by atoms with van der Waals surface area (Å²) < 4.78 is 42.6. The van der Waals surface area contributed by atoms with Crippen molar-refractivity contribution in [1.82, 2.24) is 5.32 Å². The van der Waals surface area contributed by atoms with E-state index in [1.54, 1.807) is 0 Å². The van der Waals surface area contributed by atoms with Gasteiger partial charge in [0.2, 0.25) is 0 Å². The number of halogens is 3. The molecule has 0 aromatic heterocycles. The molecular weight excluding hydrogens is 251 g/mol. The van der Waals surface area contributed by atoms with Crippen LogP contribution < -0.4 is 10.1 Å². The zero-order valence-corrected chi connectivity index (χ0v) is 9.33. The molecule has 100 valence electrons. The summed E-state index contributed by atoms with van der Waals surface area (Å²) in [5.74, 6) is -4.31. The molecule has 2 N–H and O–H groups in total. The van der Waals surface area contributed by atoms with E-state index in [2.05, 4.69) is 0 Å². The molecule has 0 atom stereocenters. The number of aliphatic hydroxyl groups excluding tert-OH is 1. The van der Waals surface area contributed by atoms with E-state index in [1.807, 2.05) is 5.32 Å². The van der Waals surface area contributed by atoms with Gasteiger partial charge in [0.1, 0.15) is 18.2 Å². The number of rotatable bonds is 6. The molecule has 0 bridgehead atoms. The Labute approximate surface area is 101 Å². The molecule has 0 aliphatic heterocycles. The van der Waals surface area contributed by atoms with Crippen molar-refractivity contribution in [3.8, 4) is 5.75 Å². The number of carbonyl (C=O) groups excluding carboxylic acids is 1. The van der Waals surface area contributed by atoms with E-state index in [9.17, 15) is 18.0 Å². The maximum absolute atomic E-state index is 12.6. The van der Waals surface area contributed by atoms with Crippen molar-refractivity contribution >= 4 is 5.91 Å². The van der Waals surface area contributed by atoms with Gasteiger partial charge in [-0.25, -0.2) is 13.2 Å². The smallest absolute Gasteiger partial charge is 0.287 e. The number of nitrogens with one attached hydrogen (secondary N) is 1. The highest BCUT2D eigenvalue weighted by molar-refractivity contribution is 5.77. The lowest BCUT2D eigenvalue weighted by Crippen LogP contribution is -2.40. The lowest BCUT2D eigenvalue weighted by atomic mass is 10.3. The quantitative estimate of drug-likeness (QED) is 0.803. The molecule has 0 radical (unpaired) electrons. The molecular formula is C11H12F3NO3. The second-order valence-corrected chi connectivity index (χ2v) is 3.53. The fourth-order valence-corrected chi connectivity index (χ4v) is 1.01. The van der Waals surface area contributed by atoms with Gasteiger partial charge in [-0.15, -0.1) is 0 Å².